The summed E-state index contributed by atoms with van der Waals surface area (Å²) < 4.78 is 29.4. The van der Waals surface area contributed by atoms with E-state index in [0.717, 1.165) is 0 Å². The zero-order valence-electron chi connectivity index (χ0n) is 10.5. The maximum absolute atomic E-state index is 9.08. The molecule has 1 N–H and O–H groups in total. The van der Waals surface area contributed by atoms with Crippen LogP contribution in [-0.2, 0) is 17.2 Å². The fourth-order valence-electron chi connectivity index (χ4n) is 1.43. The Morgan fingerprint density at radius 1 is 1.22 bits per heavy atom. The summed E-state index contributed by atoms with van der Waals surface area (Å²) in [5.74, 6) is 1.17. The highest BCUT2D eigenvalue weighted by molar-refractivity contribution is 7.84. The van der Waals surface area contributed by atoms with Crippen molar-refractivity contribution in [2.45, 2.75) is 6.92 Å². The van der Waals surface area contributed by atoms with Gasteiger partial charge in [-0.15, -0.1) is 0 Å². The summed E-state index contributed by atoms with van der Waals surface area (Å²) in [4.78, 5) is 3.20. The minimum atomic E-state index is -3.92. The molecule has 5 nitrogen and oxygen atoms in total. The van der Waals surface area contributed by atoms with Crippen molar-refractivity contribution in [3.8, 4) is 11.3 Å². The summed E-state index contributed by atoms with van der Waals surface area (Å²) in [7, 11) is -1.85. The first kappa shape index (κ1) is 14.4. The Morgan fingerprint density at radius 2 is 1.72 bits per heavy atom. The number of benzene rings is 1. The van der Waals surface area contributed by atoms with E-state index in [-0.39, 0.29) is 0 Å². The van der Waals surface area contributed by atoms with Gasteiger partial charge >= 0.3 is 0 Å². The lowest BCUT2D eigenvalue weighted by atomic mass is 10.2. The number of imidazole rings is 1. The molecule has 0 fully saturated rings. The molecule has 98 valence electrons. The van der Waals surface area contributed by atoms with Crippen molar-refractivity contribution in [2.24, 2.45) is 7.05 Å². The Labute approximate surface area is 107 Å². The third-order valence-electron chi connectivity index (χ3n) is 2.35. The van der Waals surface area contributed by atoms with Crippen LogP contribution in [0.2, 0.25) is 0 Å². The van der Waals surface area contributed by atoms with Gasteiger partial charge in [0.25, 0.3) is 5.82 Å². The predicted octanol–water partition coefficient (Wildman–Crippen LogP) is 0.976. The first-order valence-electron chi connectivity index (χ1n) is 5.29. The summed E-state index contributed by atoms with van der Waals surface area (Å²) in [5.41, 5.74) is 2.47. The highest BCUT2D eigenvalue weighted by atomic mass is 32.2. The van der Waals surface area contributed by atoms with Gasteiger partial charge in [-0.2, -0.15) is 0 Å². The molecule has 0 radical (unpaired) electrons. The van der Waals surface area contributed by atoms with Gasteiger partial charge in [0.15, 0.2) is 5.69 Å². The zero-order valence-corrected chi connectivity index (χ0v) is 11.4. The van der Waals surface area contributed by atoms with E-state index in [1.54, 1.807) is 0 Å². The third-order valence-corrected chi connectivity index (χ3v) is 2.35. The van der Waals surface area contributed by atoms with E-state index in [0.29, 0.717) is 6.26 Å². The summed E-state index contributed by atoms with van der Waals surface area (Å²) in [5, 5.41) is 0. The Balaban J connectivity index is 0.000000280. The lowest BCUT2D eigenvalue weighted by molar-refractivity contribution is -0.665. The lowest BCUT2D eigenvalue weighted by Gasteiger charge is -1.95. The van der Waals surface area contributed by atoms with Crippen LogP contribution in [0.1, 0.15) is 5.82 Å². The number of aryl methyl sites for hydroxylation is 1. The van der Waals surface area contributed by atoms with Crippen molar-refractivity contribution < 1.29 is 17.5 Å². The molecule has 1 aromatic carbocycles. The molecular weight excluding hydrogens is 252 g/mol. The van der Waals surface area contributed by atoms with Crippen LogP contribution in [0.15, 0.2) is 36.5 Å². The smallest absolute Gasteiger partial charge is 0.251 e. The molecular formula is C12H16N2O3S. The predicted molar refractivity (Wildman–Crippen MR) is 67.8 cm³/mol. The fraction of sp³-hybridized carbons (Fsp3) is 0.250. The Hall–Kier alpha value is -1.66. The molecule has 0 spiro atoms. The third kappa shape index (κ3) is 4.68. The van der Waals surface area contributed by atoms with Gasteiger partial charge in [0.1, 0.15) is 6.20 Å². The second-order valence-electron chi connectivity index (χ2n) is 3.89. The summed E-state index contributed by atoms with van der Waals surface area (Å²) in [6, 6.07) is 10.4. The molecule has 0 aliphatic carbocycles. The maximum atomic E-state index is 9.08. The van der Waals surface area contributed by atoms with E-state index in [2.05, 4.69) is 47.8 Å². The van der Waals surface area contributed by atoms with Gasteiger partial charge in [0, 0.05) is 18.7 Å². The summed E-state index contributed by atoms with van der Waals surface area (Å²) >= 11 is 0. The number of H-pyrrole nitrogens is 1. The summed E-state index contributed by atoms with van der Waals surface area (Å²) in [6.45, 7) is 2.06. The van der Waals surface area contributed by atoms with Gasteiger partial charge in [0.2, 0.25) is 0 Å². The van der Waals surface area contributed by atoms with Crippen LogP contribution in [-0.4, -0.2) is 24.2 Å². The van der Waals surface area contributed by atoms with Crippen molar-refractivity contribution in [3.05, 3.63) is 42.4 Å². The molecule has 1 aromatic heterocycles. The summed E-state index contributed by atoms with van der Waals surface area (Å²) in [6.07, 6.45) is 2.64. The highest BCUT2D eigenvalue weighted by Crippen LogP contribution is 2.13. The first-order chi connectivity index (χ1) is 8.29. The SMILES string of the molecule is CS(=O)(=O)[O-].Cc1[nH]cc(-c2ccccc2)[n+]1C. The van der Waals surface area contributed by atoms with E-state index in [9.17, 15) is 0 Å². The molecule has 0 bridgehead atoms. The van der Waals surface area contributed by atoms with Crippen molar-refractivity contribution in [1.29, 1.82) is 0 Å². The number of nitrogens with zero attached hydrogens (tertiary/aromatic N) is 1. The van der Waals surface area contributed by atoms with E-state index in [1.807, 2.05) is 12.3 Å². The molecule has 0 aliphatic heterocycles. The molecule has 0 atom stereocenters. The van der Waals surface area contributed by atoms with Gasteiger partial charge < -0.3 is 4.55 Å². The average Bonchev–Trinajstić information content (AvgIpc) is 2.59. The molecule has 6 heteroatoms. The van der Waals surface area contributed by atoms with E-state index < -0.39 is 10.1 Å². The number of aromatic amines is 1. The molecule has 2 aromatic rings. The Kier molecular flexibility index (Phi) is 4.63. The van der Waals surface area contributed by atoms with Crippen LogP contribution >= 0.6 is 0 Å². The zero-order chi connectivity index (χ0) is 13.8. The fourth-order valence-corrected chi connectivity index (χ4v) is 1.43. The van der Waals surface area contributed by atoms with E-state index in [4.69, 9.17) is 13.0 Å². The van der Waals surface area contributed by atoms with Crippen LogP contribution in [0.3, 0.4) is 0 Å². The number of rotatable bonds is 1. The van der Waals surface area contributed by atoms with E-state index >= 15 is 0 Å². The Bertz CT molecular complexity index is 596. The molecule has 0 saturated carbocycles. The van der Waals surface area contributed by atoms with Gasteiger partial charge in [-0.3, -0.25) is 0 Å². The number of hydrogen-bond donors (Lipinski definition) is 1. The molecule has 0 amide bonds. The molecule has 0 unspecified atom stereocenters. The largest absolute Gasteiger partial charge is 0.748 e. The topological polar surface area (TPSA) is 76.9 Å². The molecule has 2 rings (SSSR count). The van der Waals surface area contributed by atoms with Gasteiger partial charge in [0.05, 0.1) is 17.2 Å². The quantitative estimate of drug-likeness (QED) is 0.618. The maximum Gasteiger partial charge on any atom is 0.251 e. The molecule has 18 heavy (non-hydrogen) atoms. The Morgan fingerprint density at radius 3 is 2.11 bits per heavy atom. The van der Waals surface area contributed by atoms with Crippen LogP contribution in [0, 0.1) is 6.92 Å². The van der Waals surface area contributed by atoms with Crippen molar-refractivity contribution >= 4 is 10.1 Å². The van der Waals surface area contributed by atoms with Crippen molar-refractivity contribution in [3.63, 3.8) is 0 Å². The van der Waals surface area contributed by atoms with Crippen molar-refractivity contribution in [2.75, 3.05) is 6.26 Å². The van der Waals surface area contributed by atoms with Crippen LogP contribution in [0.4, 0.5) is 0 Å². The standard InChI is InChI=1S/C11H12N2.CH4O3S/c1-9-12-8-11(13(9)2)10-6-4-3-5-7-10;1-5(2,3)4/h3-8H,1-2H3;1H3,(H,2,3,4). The number of hydrogen-bond acceptors (Lipinski definition) is 3. The number of nitrogens with one attached hydrogen (secondary N) is 1. The molecule has 1 heterocycles. The normalized spacial score (nSPS) is 10.7. The van der Waals surface area contributed by atoms with Crippen LogP contribution in [0.5, 0.6) is 0 Å². The van der Waals surface area contributed by atoms with Crippen LogP contribution < -0.4 is 4.57 Å². The molecule has 0 aliphatic rings. The van der Waals surface area contributed by atoms with Gasteiger partial charge in [-0.05, 0) is 0 Å². The van der Waals surface area contributed by atoms with E-state index in [1.165, 1.54) is 17.1 Å². The van der Waals surface area contributed by atoms with Crippen LogP contribution in [0.25, 0.3) is 11.3 Å². The first-order valence-corrected chi connectivity index (χ1v) is 7.11. The van der Waals surface area contributed by atoms with Gasteiger partial charge in [-0.1, -0.05) is 30.3 Å². The minimum absolute atomic E-state index is 0.604. The molecule has 0 saturated heterocycles. The monoisotopic (exact) mass is 268 g/mol. The number of aromatic nitrogens is 2. The highest BCUT2D eigenvalue weighted by Gasteiger charge is 2.10. The van der Waals surface area contributed by atoms with Crippen molar-refractivity contribution in [1.82, 2.24) is 4.98 Å². The second-order valence-corrected chi connectivity index (χ2v) is 5.30. The van der Waals surface area contributed by atoms with Gasteiger partial charge in [-0.25, -0.2) is 18.0 Å². The average molecular weight is 268 g/mol. The lowest BCUT2D eigenvalue weighted by Crippen LogP contribution is -2.31. The minimum Gasteiger partial charge on any atom is -0.748 e. The second kappa shape index (κ2) is 5.79.